The Bertz CT molecular complexity index is 534. The first-order chi connectivity index (χ1) is 12.0. The Morgan fingerprint density at radius 3 is 2.27 bits per heavy atom. The van der Waals surface area contributed by atoms with Crippen LogP contribution in [-0.2, 0) is 14.3 Å². The topological polar surface area (TPSA) is 105 Å². The lowest BCUT2D eigenvalue weighted by Gasteiger charge is -2.37. The first kappa shape index (κ1) is 21.8. The number of methoxy groups -OCH3 is 1. The van der Waals surface area contributed by atoms with E-state index in [-0.39, 0.29) is 12.3 Å². The molecule has 0 aromatic rings. The van der Waals surface area contributed by atoms with Gasteiger partial charge in [0.05, 0.1) is 7.11 Å². The van der Waals surface area contributed by atoms with Gasteiger partial charge in [-0.25, -0.2) is 14.4 Å². The van der Waals surface area contributed by atoms with Gasteiger partial charge in [-0.3, -0.25) is 0 Å². The van der Waals surface area contributed by atoms with Crippen molar-refractivity contribution in [3.05, 3.63) is 12.7 Å². The highest BCUT2D eigenvalue weighted by Crippen LogP contribution is 2.30. The Kier molecular flexibility index (Phi) is 7.47. The van der Waals surface area contributed by atoms with E-state index in [1.54, 1.807) is 26.8 Å². The fourth-order valence-corrected chi connectivity index (χ4v) is 3.17. The first-order valence-corrected chi connectivity index (χ1v) is 8.71. The van der Waals surface area contributed by atoms with Gasteiger partial charge in [0.1, 0.15) is 11.1 Å². The second-order valence-corrected chi connectivity index (χ2v) is 7.61. The van der Waals surface area contributed by atoms with Crippen LogP contribution in [0.4, 0.5) is 9.59 Å². The molecule has 1 rings (SSSR count). The van der Waals surface area contributed by atoms with Gasteiger partial charge >= 0.3 is 18.2 Å². The number of nitrogens with zero attached hydrogens (tertiary/aromatic N) is 1. The quantitative estimate of drug-likeness (QED) is 0.550. The van der Waals surface area contributed by atoms with Gasteiger partial charge in [0.2, 0.25) is 0 Å². The Balaban J connectivity index is 2.93. The fraction of sp³-hybridized carbons (Fsp3) is 0.722. The molecule has 0 bridgehead atoms. The summed E-state index contributed by atoms with van der Waals surface area (Å²) in [5, 5.41) is 11.7. The normalized spacial score (nSPS) is 17.8. The summed E-state index contributed by atoms with van der Waals surface area (Å²) in [6.07, 6.45) is 1.65. The zero-order valence-corrected chi connectivity index (χ0v) is 16.0. The zero-order valence-electron chi connectivity index (χ0n) is 16.0. The van der Waals surface area contributed by atoms with Crippen LogP contribution in [0.5, 0.6) is 0 Å². The van der Waals surface area contributed by atoms with E-state index in [9.17, 15) is 14.4 Å². The number of alkyl carbamates (subject to hydrolysis) is 1. The highest BCUT2D eigenvalue weighted by Gasteiger charge is 2.43. The zero-order chi connectivity index (χ0) is 20.0. The standard InChI is InChI=1S/C18H30N2O6/c1-6-9-18(14(21)25-5,19-15(22)26-17(2,3)4)12-13-7-10-20(11-8-13)16(23)24/h6,13H,1,7-12H2,2-5H3,(H,19,22)(H,23,24). The second-order valence-electron chi connectivity index (χ2n) is 7.61. The molecular formula is C18H30N2O6. The van der Waals surface area contributed by atoms with Gasteiger partial charge in [0.15, 0.2) is 0 Å². The van der Waals surface area contributed by atoms with Crippen molar-refractivity contribution in [1.82, 2.24) is 10.2 Å². The number of carbonyl (C=O) groups excluding carboxylic acids is 2. The van der Waals surface area contributed by atoms with Crippen LogP contribution in [0.2, 0.25) is 0 Å². The third kappa shape index (κ3) is 6.24. The minimum absolute atomic E-state index is 0.0691. The largest absolute Gasteiger partial charge is 0.467 e. The molecule has 26 heavy (non-hydrogen) atoms. The molecule has 1 fully saturated rings. The third-order valence-electron chi connectivity index (χ3n) is 4.33. The molecule has 0 aromatic carbocycles. The van der Waals surface area contributed by atoms with E-state index in [2.05, 4.69) is 11.9 Å². The number of nitrogens with one attached hydrogen (secondary N) is 1. The third-order valence-corrected chi connectivity index (χ3v) is 4.33. The highest BCUT2D eigenvalue weighted by molar-refractivity contribution is 5.86. The minimum Gasteiger partial charge on any atom is -0.467 e. The van der Waals surface area contributed by atoms with Gasteiger partial charge in [0.25, 0.3) is 0 Å². The van der Waals surface area contributed by atoms with Crippen molar-refractivity contribution in [2.45, 2.75) is 57.6 Å². The number of rotatable bonds is 6. The maximum atomic E-state index is 12.5. The van der Waals surface area contributed by atoms with Gasteiger partial charge in [-0.2, -0.15) is 0 Å². The summed E-state index contributed by atoms with van der Waals surface area (Å²) in [5.74, 6) is -0.497. The summed E-state index contributed by atoms with van der Waals surface area (Å²) in [6, 6.07) is 0. The van der Waals surface area contributed by atoms with Gasteiger partial charge < -0.3 is 24.8 Å². The van der Waals surface area contributed by atoms with Crippen molar-refractivity contribution in [1.29, 1.82) is 0 Å². The molecule has 0 radical (unpaired) electrons. The number of hydrogen-bond acceptors (Lipinski definition) is 5. The summed E-state index contributed by atoms with van der Waals surface area (Å²) in [4.78, 5) is 37.2. The summed E-state index contributed by atoms with van der Waals surface area (Å²) < 4.78 is 10.2. The molecule has 0 saturated carbocycles. The van der Waals surface area contributed by atoms with Crippen molar-refractivity contribution < 1.29 is 29.0 Å². The van der Waals surface area contributed by atoms with Crippen LogP contribution >= 0.6 is 0 Å². The Hall–Kier alpha value is -2.25. The van der Waals surface area contributed by atoms with Crippen molar-refractivity contribution in [3.63, 3.8) is 0 Å². The van der Waals surface area contributed by atoms with Crippen molar-refractivity contribution in [3.8, 4) is 0 Å². The van der Waals surface area contributed by atoms with E-state index in [0.29, 0.717) is 32.4 Å². The summed E-state index contributed by atoms with van der Waals surface area (Å²) >= 11 is 0. The average Bonchev–Trinajstić information content (AvgIpc) is 2.52. The smallest absolute Gasteiger partial charge is 0.408 e. The van der Waals surface area contributed by atoms with E-state index in [4.69, 9.17) is 14.6 Å². The van der Waals surface area contributed by atoms with Crippen LogP contribution in [0.3, 0.4) is 0 Å². The summed E-state index contributed by atoms with van der Waals surface area (Å²) in [7, 11) is 1.27. The van der Waals surface area contributed by atoms with Crippen LogP contribution < -0.4 is 5.32 Å². The Morgan fingerprint density at radius 1 is 1.27 bits per heavy atom. The number of carboxylic acid groups (broad SMARTS) is 1. The lowest BCUT2D eigenvalue weighted by atomic mass is 9.80. The summed E-state index contributed by atoms with van der Waals surface area (Å²) in [6.45, 7) is 9.70. The van der Waals surface area contributed by atoms with E-state index >= 15 is 0 Å². The molecular weight excluding hydrogens is 340 g/mol. The second kappa shape index (κ2) is 8.91. The van der Waals surface area contributed by atoms with E-state index in [1.165, 1.54) is 12.0 Å². The molecule has 0 aromatic heterocycles. The number of ether oxygens (including phenoxy) is 2. The molecule has 0 aliphatic carbocycles. The van der Waals surface area contributed by atoms with Gasteiger partial charge in [-0.05, 0) is 52.4 Å². The molecule has 2 amide bonds. The Labute approximate surface area is 154 Å². The van der Waals surface area contributed by atoms with Crippen LogP contribution in [0.1, 0.15) is 46.5 Å². The molecule has 148 valence electrons. The van der Waals surface area contributed by atoms with E-state index in [0.717, 1.165) is 0 Å². The maximum Gasteiger partial charge on any atom is 0.408 e. The molecule has 1 heterocycles. The average molecular weight is 370 g/mol. The fourth-order valence-electron chi connectivity index (χ4n) is 3.17. The molecule has 1 saturated heterocycles. The van der Waals surface area contributed by atoms with Gasteiger partial charge in [0, 0.05) is 13.1 Å². The number of carbonyl (C=O) groups is 3. The Morgan fingerprint density at radius 2 is 1.85 bits per heavy atom. The van der Waals surface area contributed by atoms with E-state index < -0.39 is 29.3 Å². The number of hydrogen-bond donors (Lipinski definition) is 2. The molecule has 1 atom stereocenters. The lowest BCUT2D eigenvalue weighted by molar-refractivity contribution is -0.149. The van der Waals surface area contributed by atoms with Crippen LogP contribution in [0, 0.1) is 5.92 Å². The van der Waals surface area contributed by atoms with Crippen LogP contribution in [0.15, 0.2) is 12.7 Å². The van der Waals surface area contributed by atoms with Crippen molar-refractivity contribution in [2.24, 2.45) is 5.92 Å². The van der Waals surface area contributed by atoms with Crippen molar-refractivity contribution in [2.75, 3.05) is 20.2 Å². The molecule has 2 N–H and O–H groups in total. The van der Waals surface area contributed by atoms with Crippen LogP contribution in [0.25, 0.3) is 0 Å². The molecule has 1 aliphatic heterocycles. The van der Waals surface area contributed by atoms with E-state index in [1.807, 2.05) is 0 Å². The summed E-state index contributed by atoms with van der Waals surface area (Å²) in [5.41, 5.74) is -1.98. The first-order valence-electron chi connectivity index (χ1n) is 8.71. The predicted molar refractivity (Wildman–Crippen MR) is 95.9 cm³/mol. The number of likely N-dealkylation sites (tertiary alicyclic amines) is 1. The lowest BCUT2D eigenvalue weighted by Crippen LogP contribution is -2.57. The number of esters is 1. The molecule has 8 nitrogen and oxygen atoms in total. The molecule has 1 unspecified atom stereocenters. The molecule has 0 spiro atoms. The molecule has 8 heteroatoms. The highest BCUT2D eigenvalue weighted by atomic mass is 16.6. The van der Waals surface area contributed by atoms with Gasteiger partial charge in [-0.15, -0.1) is 6.58 Å². The number of piperidine rings is 1. The minimum atomic E-state index is -1.28. The predicted octanol–water partition coefficient (Wildman–Crippen LogP) is 2.78. The number of amides is 2. The maximum absolute atomic E-state index is 12.5. The molecule has 1 aliphatic rings. The SMILES string of the molecule is C=CCC(CC1CCN(C(=O)O)CC1)(NC(=O)OC(C)(C)C)C(=O)OC. The van der Waals surface area contributed by atoms with Crippen molar-refractivity contribution >= 4 is 18.2 Å². The van der Waals surface area contributed by atoms with Gasteiger partial charge in [-0.1, -0.05) is 6.08 Å². The monoisotopic (exact) mass is 370 g/mol. The van der Waals surface area contributed by atoms with Crippen LogP contribution in [-0.4, -0.2) is 59.5 Å².